The van der Waals surface area contributed by atoms with Crippen LogP contribution in [0, 0.1) is 0 Å². The molecule has 0 aromatic heterocycles. The molecule has 2 aliphatic heterocycles. The predicted octanol–water partition coefficient (Wildman–Crippen LogP) is 4.33. The number of carbonyl (C=O) groups is 4. The first-order valence-electron chi connectivity index (χ1n) is 12.6. The van der Waals surface area contributed by atoms with E-state index in [0.717, 1.165) is 22.6 Å². The Balaban J connectivity index is 1.34. The standard InChI is InChI=1S/C27H27F3N4O5/c1-15-3-10-21(16-4-6-18(7-5-16)27(28,29)30)34(15)22(35)14-33-23(36)26(39-25(33)38)12-11-17-13-19(8-9-20(17)26)32-24(37)31-2/h4-9,13,15,21H,3,10-12,14H2,1-2H3,(H2,31,32,37)/t15-,21+,26-/m1/s1. The molecule has 206 valence electrons. The molecule has 12 heteroatoms. The van der Waals surface area contributed by atoms with Gasteiger partial charge in [-0.1, -0.05) is 18.2 Å². The van der Waals surface area contributed by atoms with Crippen LogP contribution in [-0.4, -0.2) is 53.4 Å². The number of nitrogens with one attached hydrogen (secondary N) is 2. The van der Waals surface area contributed by atoms with Gasteiger partial charge >= 0.3 is 18.3 Å². The highest BCUT2D eigenvalue weighted by Gasteiger charge is 2.58. The normalized spacial score (nSPS) is 24.2. The van der Waals surface area contributed by atoms with E-state index in [4.69, 9.17) is 4.74 Å². The number of ether oxygens (including phenoxy) is 1. The molecule has 2 fully saturated rings. The van der Waals surface area contributed by atoms with Crippen LogP contribution in [0.15, 0.2) is 42.5 Å². The molecule has 1 spiro atoms. The topological polar surface area (TPSA) is 108 Å². The second kappa shape index (κ2) is 9.58. The van der Waals surface area contributed by atoms with Crippen molar-refractivity contribution in [2.24, 2.45) is 0 Å². The Morgan fingerprint density at radius 2 is 1.82 bits per heavy atom. The molecule has 2 heterocycles. The van der Waals surface area contributed by atoms with Crippen LogP contribution in [0.1, 0.15) is 54.5 Å². The molecular formula is C27H27F3N4O5. The molecule has 2 aromatic carbocycles. The Labute approximate surface area is 222 Å². The fourth-order valence-electron chi connectivity index (χ4n) is 5.77. The van der Waals surface area contributed by atoms with Crippen LogP contribution >= 0.6 is 0 Å². The van der Waals surface area contributed by atoms with Crippen molar-refractivity contribution in [2.75, 3.05) is 18.9 Å². The first-order valence-corrected chi connectivity index (χ1v) is 12.6. The number of nitrogens with zero attached hydrogens (tertiary/aromatic N) is 2. The fourth-order valence-corrected chi connectivity index (χ4v) is 5.77. The smallest absolute Gasteiger partial charge is 0.418 e. The molecule has 5 rings (SSSR count). The lowest BCUT2D eigenvalue weighted by atomic mass is 9.94. The number of hydrogen-bond donors (Lipinski definition) is 2. The molecule has 2 aromatic rings. The molecule has 0 unspecified atom stereocenters. The molecular weight excluding hydrogens is 517 g/mol. The second-order valence-electron chi connectivity index (χ2n) is 10.0. The summed E-state index contributed by atoms with van der Waals surface area (Å²) in [6.45, 7) is 1.29. The Morgan fingerprint density at radius 1 is 1.10 bits per heavy atom. The van der Waals surface area contributed by atoms with Crippen LogP contribution < -0.4 is 10.6 Å². The minimum absolute atomic E-state index is 0.204. The Morgan fingerprint density at radius 3 is 2.49 bits per heavy atom. The summed E-state index contributed by atoms with van der Waals surface area (Å²) in [5, 5.41) is 5.11. The van der Waals surface area contributed by atoms with Gasteiger partial charge in [0.25, 0.3) is 5.91 Å². The van der Waals surface area contributed by atoms with E-state index in [1.54, 1.807) is 18.2 Å². The van der Waals surface area contributed by atoms with Crippen molar-refractivity contribution in [1.29, 1.82) is 0 Å². The van der Waals surface area contributed by atoms with Gasteiger partial charge in [-0.25, -0.2) is 14.5 Å². The summed E-state index contributed by atoms with van der Waals surface area (Å²) >= 11 is 0. The number of amides is 5. The SMILES string of the molecule is CNC(=O)Nc1ccc2c(c1)CC[C@@]21OC(=O)N(CC(=O)N2[C@H](C)CC[C@H]2c2ccc(C(F)(F)F)cc2)C1=O. The third kappa shape index (κ3) is 4.57. The molecule has 2 N–H and O–H groups in total. The zero-order valence-electron chi connectivity index (χ0n) is 21.3. The van der Waals surface area contributed by atoms with Crippen LogP contribution in [0.3, 0.4) is 0 Å². The molecule has 39 heavy (non-hydrogen) atoms. The van der Waals surface area contributed by atoms with Gasteiger partial charge in [0, 0.05) is 30.8 Å². The zero-order valence-corrected chi connectivity index (χ0v) is 21.3. The average molecular weight is 545 g/mol. The summed E-state index contributed by atoms with van der Waals surface area (Å²) in [5.74, 6) is -1.12. The van der Waals surface area contributed by atoms with Crippen LogP contribution in [0.5, 0.6) is 0 Å². The number of alkyl halides is 3. The zero-order chi connectivity index (χ0) is 28.1. The summed E-state index contributed by atoms with van der Waals surface area (Å²) < 4.78 is 44.6. The van der Waals surface area contributed by atoms with Crippen LogP contribution in [0.2, 0.25) is 0 Å². The minimum Gasteiger partial charge on any atom is -0.427 e. The molecule has 9 nitrogen and oxygen atoms in total. The Kier molecular flexibility index (Phi) is 6.51. The number of likely N-dealkylation sites (tertiary alicyclic amines) is 1. The van der Waals surface area contributed by atoms with E-state index in [1.165, 1.54) is 24.1 Å². The minimum atomic E-state index is -4.47. The maximum atomic E-state index is 13.5. The highest BCUT2D eigenvalue weighted by Crippen LogP contribution is 2.46. The number of rotatable bonds is 4. The summed E-state index contributed by atoms with van der Waals surface area (Å²) in [4.78, 5) is 53.8. The van der Waals surface area contributed by atoms with Gasteiger partial charge < -0.3 is 20.3 Å². The molecule has 3 atom stereocenters. The number of aryl methyl sites for hydroxylation is 1. The van der Waals surface area contributed by atoms with Gasteiger partial charge in [0.1, 0.15) is 6.54 Å². The predicted molar refractivity (Wildman–Crippen MR) is 132 cm³/mol. The van der Waals surface area contributed by atoms with Crippen LogP contribution in [0.25, 0.3) is 0 Å². The van der Waals surface area contributed by atoms with Gasteiger partial charge in [0.2, 0.25) is 11.5 Å². The molecule has 3 aliphatic rings. The molecule has 0 radical (unpaired) electrons. The fraction of sp³-hybridized carbons (Fsp3) is 0.407. The van der Waals surface area contributed by atoms with Crippen molar-refractivity contribution < 1.29 is 37.1 Å². The number of carbonyl (C=O) groups excluding carboxylic acids is 4. The summed E-state index contributed by atoms with van der Waals surface area (Å²) in [6.07, 6.45) is -3.59. The number of urea groups is 1. The van der Waals surface area contributed by atoms with Crippen molar-refractivity contribution in [1.82, 2.24) is 15.1 Å². The largest absolute Gasteiger partial charge is 0.427 e. The number of fused-ring (bicyclic) bond motifs is 2. The molecule has 0 saturated carbocycles. The first-order chi connectivity index (χ1) is 18.4. The lowest BCUT2D eigenvalue weighted by molar-refractivity contribution is -0.143. The van der Waals surface area contributed by atoms with E-state index in [9.17, 15) is 32.3 Å². The summed E-state index contributed by atoms with van der Waals surface area (Å²) in [5.41, 5.74) is 0.00919. The Hall–Kier alpha value is -4.09. The summed E-state index contributed by atoms with van der Waals surface area (Å²) in [6, 6.07) is 8.54. The van der Waals surface area contributed by atoms with E-state index < -0.39 is 53.9 Å². The van der Waals surface area contributed by atoms with E-state index in [1.807, 2.05) is 6.92 Å². The van der Waals surface area contributed by atoms with E-state index in [0.29, 0.717) is 36.1 Å². The van der Waals surface area contributed by atoms with Gasteiger partial charge in [-0.15, -0.1) is 0 Å². The number of benzene rings is 2. The highest BCUT2D eigenvalue weighted by molar-refractivity contribution is 6.06. The maximum Gasteiger partial charge on any atom is 0.418 e. The van der Waals surface area contributed by atoms with Gasteiger partial charge in [-0.3, -0.25) is 9.59 Å². The molecule has 1 aliphatic carbocycles. The van der Waals surface area contributed by atoms with Crippen molar-refractivity contribution in [3.05, 3.63) is 64.7 Å². The van der Waals surface area contributed by atoms with Crippen molar-refractivity contribution in [3.8, 4) is 0 Å². The lowest BCUT2D eigenvalue weighted by Crippen LogP contribution is -2.46. The van der Waals surface area contributed by atoms with Gasteiger partial charge in [0.05, 0.1) is 11.6 Å². The average Bonchev–Trinajstić information content (AvgIpc) is 3.53. The number of halogens is 3. The van der Waals surface area contributed by atoms with Crippen LogP contribution in [0.4, 0.5) is 28.4 Å². The van der Waals surface area contributed by atoms with E-state index in [-0.39, 0.29) is 12.5 Å². The molecule has 2 saturated heterocycles. The third-order valence-electron chi connectivity index (χ3n) is 7.72. The molecule has 5 amide bonds. The lowest BCUT2D eigenvalue weighted by Gasteiger charge is -2.30. The van der Waals surface area contributed by atoms with Gasteiger partial charge in [0.15, 0.2) is 0 Å². The quantitative estimate of drug-likeness (QED) is 0.596. The summed E-state index contributed by atoms with van der Waals surface area (Å²) in [7, 11) is 1.48. The number of imide groups is 1. The maximum absolute atomic E-state index is 13.5. The van der Waals surface area contributed by atoms with Crippen molar-refractivity contribution in [2.45, 2.75) is 56.5 Å². The Bertz CT molecular complexity index is 1350. The van der Waals surface area contributed by atoms with E-state index >= 15 is 0 Å². The van der Waals surface area contributed by atoms with Crippen molar-refractivity contribution >= 4 is 29.6 Å². The number of hydrogen-bond acceptors (Lipinski definition) is 5. The van der Waals surface area contributed by atoms with E-state index in [2.05, 4.69) is 10.6 Å². The molecule has 0 bridgehead atoms. The van der Waals surface area contributed by atoms with Gasteiger partial charge in [-0.2, -0.15) is 13.2 Å². The van der Waals surface area contributed by atoms with Crippen LogP contribution in [-0.2, 0) is 32.5 Å². The third-order valence-corrected chi connectivity index (χ3v) is 7.72. The van der Waals surface area contributed by atoms with Crippen molar-refractivity contribution in [3.63, 3.8) is 0 Å². The monoisotopic (exact) mass is 544 g/mol. The number of anilines is 1. The van der Waals surface area contributed by atoms with Gasteiger partial charge in [-0.05, 0) is 61.6 Å². The highest BCUT2D eigenvalue weighted by atomic mass is 19.4. The second-order valence-corrected chi connectivity index (χ2v) is 10.0. The first kappa shape index (κ1) is 26.5.